The second-order valence-corrected chi connectivity index (χ2v) is 4.29. The van der Waals surface area contributed by atoms with Crippen molar-refractivity contribution in [3.63, 3.8) is 0 Å². The van der Waals surface area contributed by atoms with Gasteiger partial charge in [-0.1, -0.05) is 0 Å². The van der Waals surface area contributed by atoms with Crippen LogP contribution in [0.1, 0.15) is 6.92 Å². The number of fused-ring (bicyclic) bond motifs is 1. The molecule has 0 radical (unpaired) electrons. The van der Waals surface area contributed by atoms with Crippen LogP contribution in [0.3, 0.4) is 0 Å². The molecule has 0 aliphatic rings. The van der Waals surface area contributed by atoms with E-state index in [1.807, 2.05) is 12.1 Å². The fourth-order valence-electron chi connectivity index (χ4n) is 1.64. The lowest BCUT2D eigenvalue weighted by Gasteiger charge is -2.07. The molecule has 2 amide bonds. The largest absolute Gasteiger partial charge is 0.392 e. The highest BCUT2D eigenvalue weighted by molar-refractivity contribution is 6.39. The molecule has 0 aliphatic carbocycles. The number of carbonyl (C=O) groups is 2. The summed E-state index contributed by atoms with van der Waals surface area (Å²) in [6, 6.07) is 7.17. The monoisotopic (exact) mass is 261 g/mol. The first-order valence-electron chi connectivity index (χ1n) is 5.90. The Morgan fingerprint density at radius 1 is 1.32 bits per heavy atom. The highest BCUT2D eigenvalue weighted by Gasteiger charge is 2.14. The minimum atomic E-state index is -0.768. The number of rotatable bonds is 3. The average Bonchev–Trinajstić information content (AvgIpc) is 2.83. The van der Waals surface area contributed by atoms with Crippen molar-refractivity contribution in [3.05, 3.63) is 30.5 Å². The number of anilines is 1. The molecule has 6 heteroatoms. The van der Waals surface area contributed by atoms with Crippen LogP contribution in [-0.2, 0) is 9.59 Å². The topological polar surface area (TPSA) is 94.2 Å². The minimum Gasteiger partial charge on any atom is -0.392 e. The van der Waals surface area contributed by atoms with Crippen molar-refractivity contribution in [2.45, 2.75) is 13.0 Å². The first-order valence-corrected chi connectivity index (χ1v) is 5.90. The zero-order valence-electron chi connectivity index (χ0n) is 10.4. The van der Waals surface area contributed by atoms with Gasteiger partial charge in [0.15, 0.2) is 0 Å². The van der Waals surface area contributed by atoms with Gasteiger partial charge in [0.25, 0.3) is 0 Å². The summed E-state index contributed by atoms with van der Waals surface area (Å²) >= 11 is 0. The molecular weight excluding hydrogens is 246 g/mol. The van der Waals surface area contributed by atoms with Gasteiger partial charge in [-0.2, -0.15) is 0 Å². The van der Waals surface area contributed by atoms with Crippen LogP contribution >= 0.6 is 0 Å². The maximum atomic E-state index is 11.6. The summed E-state index contributed by atoms with van der Waals surface area (Å²) in [4.78, 5) is 26.0. The Kier molecular flexibility index (Phi) is 3.82. The molecule has 0 bridgehead atoms. The molecule has 1 atom stereocenters. The Morgan fingerprint density at radius 3 is 2.84 bits per heavy atom. The Hall–Kier alpha value is -2.34. The number of hydrogen-bond donors (Lipinski definition) is 4. The van der Waals surface area contributed by atoms with Crippen LogP contribution in [0.5, 0.6) is 0 Å². The van der Waals surface area contributed by atoms with Crippen molar-refractivity contribution in [2.24, 2.45) is 0 Å². The highest BCUT2D eigenvalue weighted by Crippen LogP contribution is 2.17. The molecule has 2 rings (SSSR count). The number of carbonyl (C=O) groups excluding carboxylic acids is 2. The number of aromatic nitrogens is 1. The van der Waals surface area contributed by atoms with Crippen LogP contribution in [0.2, 0.25) is 0 Å². The van der Waals surface area contributed by atoms with Crippen molar-refractivity contribution < 1.29 is 14.7 Å². The normalized spacial score (nSPS) is 12.1. The first kappa shape index (κ1) is 13.1. The van der Waals surface area contributed by atoms with Crippen LogP contribution in [0, 0.1) is 0 Å². The quantitative estimate of drug-likeness (QED) is 0.609. The van der Waals surface area contributed by atoms with Crippen LogP contribution in [0.25, 0.3) is 10.9 Å². The zero-order valence-corrected chi connectivity index (χ0v) is 10.4. The molecule has 1 aromatic heterocycles. The standard InChI is InChI=1S/C13H15N3O3/c1-8(17)7-15-12(18)13(19)16-10-2-3-11-9(6-10)4-5-14-11/h2-6,8,14,17H,7H2,1H3,(H,15,18)(H,16,19)/t8-/m1/s1. The van der Waals surface area contributed by atoms with E-state index in [1.54, 1.807) is 18.3 Å². The van der Waals surface area contributed by atoms with Gasteiger partial charge >= 0.3 is 11.8 Å². The Morgan fingerprint density at radius 2 is 2.11 bits per heavy atom. The van der Waals surface area contributed by atoms with Gasteiger partial charge in [0, 0.05) is 29.3 Å². The van der Waals surface area contributed by atoms with Crippen LogP contribution in [-0.4, -0.2) is 34.6 Å². The Bertz CT molecular complexity index is 604. The second-order valence-electron chi connectivity index (χ2n) is 4.29. The number of benzene rings is 1. The van der Waals surface area contributed by atoms with Crippen LogP contribution in [0.15, 0.2) is 30.5 Å². The molecule has 0 aliphatic heterocycles. The molecule has 4 N–H and O–H groups in total. The van der Waals surface area contributed by atoms with Gasteiger partial charge in [-0.25, -0.2) is 0 Å². The summed E-state index contributed by atoms with van der Waals surface area (Å²) in [6.45, 7) is 1.57. The summed E-state index contributed by atoms with van der Waals surface area (Å²) in [5.41, 5.74) is 1.50. The van der Waals surface area contributed by atoms with E-state index in [2.05, 4.69) is 15.6 Å². The number of H-pyrrole nitrogens is 1. The van der Waals surface area contributed by atoms with Crippen LogP contribution in [0.4, 0.5) is 5.69 Å². The summed E-state index contributed by atoms with van der Waals surface area (Å²) < 4.78 is 0. The van der Waals surface area contributed by atoms with E-state index in [4.69, 9.17) is 5.11 Å². The molecule has 2 aromatic rings. The SMILES string of the molecule is C[C@@H](O)CNC(=O)C(=O)Nc1ccc2[nH]ccc2c1. The Labute approximate surface area is 109 Å². The maximum Gasteiger partial charge on any atom is 0.313 e. The van der Waals surface area contributed by atoms with Crippen LogP contribution < -0.4 is 10.6 Å². The van der Waals surface area contributed by atoms with Gasteiger partial charge in [-0.05, 0) is 31.2 Å². The lowest BCUT2D eigenvalue weighted by atomic mass is 10.2. The molecule has 19 heavy (non-hydrogen) atoms. The van der Waals surface area contributed by atoms with Crippen molar-refractivity contribution in [2.75, 3.05) is 11.9 Å². The van der Waals surface area contributed by atoms with E-state index < -0.39 is 17.9 Å². The third kappa shape index (κ3) is 3.32. The fourth-order valence-corrected chi connectivity index (χ4v) is 1.64. The maximum absolute atomic E-state index is 11.6. The molecular formula is C13H15N3O3. The predicted octanol–water partition coefficient (Wildman–Crippen LogP) is 0.603. The molecule has 100 valence electrons. The van der Waals surface area contributed by atoms with Gasteiger partial charge in [-0.3, -0.25) is 9.59 Å². The molecule has 0 saturated heterocycles. The summed E-state index contributed by atoms with van der Waals surface area (Å²) in [6.07, 6.45) is 1.11. The molecule has 0 saturated carbocycles. The fraction of sp³-hybridized carbons (Fsp3) is 0.231. The van der Waals surface area contributed by atoms with E-state index in [1.165, 1.54) is 6.92 Å². The lowest BCUT2D eigenvalue weighted by Crippen LogP contribution is -2.38. The average molecular weight is 261 g/mol. The predicted molar refractivity (Wildman–Crippen MR) is 71.6 cm³/mol. The third-order valence-electron chi connectivity index (χ3n) is 2.58. The number of nitrogens with one attached hydrogen (secondary N) is 3. The van der Waals surface area contributed by atoms with E-state index in [9.17, 15) is 9.59 Å². The summed E-state index contributed by atoms with van der Waals surface area (Å²) in [5, 5.41) is 14.8. The van der Waals surface area contributed by atoms with Crippen molar-refractivity contribution >= 4 is 28.4 Å². The van der Waals surface area contributed by atoms with Gasteiger partial charge in [0.2, 0.25) is 0 Å². The van der Waals surface area contributed by atoms with Gasteiger partial charge in [0.05, 0.1) is 6.10 Å². The zero-order chi connectivity index (χ0) is 13.8. The number of aromatic amines is 1. The molecule has 0 unspecified atom stereocenters. The number of hydrogen-bond acceptors (Lipinski definition) is 3. The van der Waals surface area contributed by atoms with E-state index in [0.717, 1.165) is 10.9 Å². The van der Waals surface area contributed by atoms with E-state index in [-0.39, 0.29) is 6.54 Å². The lowest BCUT2D eigenvalue weighted by molar-refractivity contribution is -0.136. The molecule has 1 heterocycles. The second kappa shape index (κ2) is 5.53. The smallest absolute Gasteiger partial charge is 0.313 e. The third-order valence-corrected chi connectivity index (χ3v) is 2.58. The van der Waals surface area contributed by atoms with Crippen molar-refractivity contribution in [1.82, 2.24) is 10.3 Å². The molecule has 1 aromatic carbocycles. The summed E-state index contributed by atoms with van der Waals surface area (Å²) in [5.74, 6) is -1.52. The minimum absolute atomic E-state index is 0.0447. The van der Waals surface area contributed by atoms with Crippen molar-refractivity contribution in [1.29, 1.82) is 0 Å². The number of aliphatic hydroxyl groups is 1. The summed E-state index contributed by atoms with van der Waals surface area (Å²) in [7, 11) is 0. The number of amides is 2. The number of aliphatic hydroxyl groups excluding tert-OH is 1. The highest BCUT2D eigenvalue weighted by atomic mass is 16.3. The molecule has 0 fully saturated rings. The molecule has 6 nitrogen and oxygen atoms in total. The van der Waals surface area contributed by atoms with Gasteiger partial charge in [0.1, 0.15) is 0 Å². The first-order chi connectivity index (χ1) is 9.06. The Balaban J connectivity index is 1.99. The van der Waals surface area contributed by atoms with Crippen molar-refractivity contribution in [3.8, 4) is 0 Å². The molecule has 0 spiro atoms. The van der Waals surface area contributed by atoms with E-state index in [0.29, 0.717) is 5.69 Å². The van der Waals surface area contributed by atoms with Gasteiger partial charge in [-0.15, -0.1) is 0 Å². The van der Waals surface area contributed by atoms with E-state index >= 15 is 0 Å². The van der Waals surface area contributed by atoms with Gasteiger partial charge < -0.3 is 20.7 Å².